The fourth-order valence-electron chi connectivity index (χ4n) is 1.83. The van der Waals surface area contributed by atoms with Crippen molar-refractivity contribution in [2.45, 2.75) is 37.2 Å². The lowest BCUT2D eigenvalue weighted by Crippen LogP contribution is -2.50. The Morgan fingerprint density at radius 3 is 2.33 bits per heavy atom. The first kappa shape index (κ1) is 20.5. The summed E-state index contributed by atoms with van der Waals surface area (Å²) in [6.07, 6.45) is 2.09. The second-order valence-electron chi connectivity index (χ2n) is 5.34. The summed E-state index contributed by atoms with van der Waals surface area (Å²) in [5.41, 5.74) is 0.918. The number of sulfonamides is 1. The number of carboxylic acid groups (broad SMARTS) is 1. The summed E-state index contributed by atoms with van der Waals surface area (Å²) < 4.78 is 27.2. The lowest BCUT2D eigenvalue weighted by atomic mass is 10.2. The number of carbonyl (C=O) groups is 2. The standard InChI is InChI=1S/C15H22N2O5S2/c1-10-4-6-12(7-5-10)24(21,22)17-13(8-9-23-3)14(18)16-11(2)15(19)20/h4-7,11,13,17H,8-9H2,1-3H3,(H,16,18)(H,19,20). The van der Waals surface area contributed by atoms with Crippen LogP contribution in [0, 0.1) is 6.92 Å². The van der Waals surface area contributed by atoms with Crippen molar-refractivity contribution in [1.29, 1.82) is 0 Å². The van der Waals surface area contributed by atoms with E-state index in [9.17, 15) is 18.0 Å². The Morgan fingerprint density at radius 2 is 1.83 bits per heavy atom. The molecule has 0 fully saturated rings. The molecule has 134 valence electrons. The Labute approximate surface area is 146 Å². The molecule has 9 heteroatoms. The highest BCUT2D eigenvalue weighted by molar-refractivity contribution is 7.98. The number of thioether (sulfide) groups is 1. The summed E-state index contributed by atoms with van der Waals surface area (Å²) in [4.78, 5) is 23.1. The molecule has 1 aromatic carbocycles. The molecule has 7 nitrogen and oxygen atoms in total. The van der Waals surface area contributed by atoms with E-state index in [4.69, 9.17) is 5.11 Å². The monoisotopic (exact) mass is 374 g/mol. The summed E-state index contributed by atoms with van der Waals surface area (Å²) in [5, 5.41) is 11.2. The molecule has 0 heterocycles. The van der Waals surface area contributed by atoms with Gasteiger partial charge in [0.2, 0.25) is 15.9 Å². The van der Waals surface area contributed by atoms with Crippen LogP contribution in [-0.2, 0) is 19.6 Å². The van der Waals surface area contributed by atoms with E-state index in [-0.39, 0.29) is 11.3 Å². The molecule has 0 aromatic heterocycles. The smallest absolute Gasteiger partial charge is 0.325 e. The molecule has 0 aliphatic carbocycles. The molecule has 3 N–H and O–H groups in total. The number of aryl methyl sites for hydroxylation is 1. The largest absolute Gasteiger partial charge is 0.480 e. The Morgan fingerprint density at radius 1 is 1.25 bits per heavy atom. The summed E-state index contributed by atoms with van der Waals surface area (Å²) in [7, 11) is -3.88. The van der Waals surface area contributed by atoms with Crippen molar-refractivity contribution in [3.8, 4) is 0 Å². The van der Waals surface area contributed by atoms with E-state index in [1.807, 2.05) is 13.2 Å². The van der Waals surface area contributed by atoms with Crippen molar-refractivity contribution < 1.29 is 23.1 Å². The van der Waals surface area contributed by atoms with Crippen LogP contribution in [0.3, 0.4) is 0 Å². The second kappa shape index (κ2) is 9.05. The highest BCUT2D eigenvalue weighted by Crippen LogP contribution is 2.12. The summed E-state index contributed by atoms with van der Waals surface area (Å²) in [6, 6.07) is 4.11. The quantitative estimate of drug-likeness (QED) is 0.594. The van der Waals surface area contributed by atoms with Crippen LogP contribution in [0.2, 0.25) is 0 Å². The van der Waals surface area contributed by atoms with Gasteiger partial charge in [-0.25, -0.2) is 8.42 Å². The third-order valence-corrected chi connectivity index (χ3v) is 5.42. The maximum absolute atomic E-state index is 12.4. The van der Waals surface area contributed by atoms with Crippen molar-refractivity contribution in [2.24, 2.45) is 0 Å². The van der Waals surface area contributed by atoms with Crippen molar-refractivity contribution >= 4 is 33.7 Å². The normalized spacial score (nSPS) is 14.0. The van der Waals surface area contributed by atoms with E-state index in [0.29, 0.717) is 5.75 Å². The highest BCUT2D eigenvalue weighted by Gasteiger charge is 2.27. The lowest BCUT2D eigenvalue weighted by molar-refractivity contribution is -0.141. The van der Waals surface area contributed by atoms with Crippen LogP contribution in [0.4, 0.5) is 0 Å². The van der Waals surface area contributed by atoms with Gasteiger partial charge in [-0.2, -0.15) is 16.5 Å². The van der Waals surface area contributed by atoms with Gasteiger partial charge in [0.15, 0.2) is 0 Å². The Balaban J connectivity index is 2.93. The van der Waals surface area contributed by atoms with Gasteiger partial charge >= 0.3 is 5.97 Å². The average Bonchev–Trinajstić information content (AvgIpc) is 2.51. The van der Waals surface area contributed by atoms with Crippen LogP contribution in [0.15, 0.2) is 29.2 Å². The van der Waals surface area contributed by atoms with Crippen LogP contribution in [0.1, 0.15) is 18.9 Å². The lowest BCUT2D eigenvalue weighted by Gasteiger charge is -2.19. The molecule has 0 aliphatic rings. The summed E-state index contributed by atoms with van der Waals surface area (Å²) in [6.45, 7) is 3.16. The number of aliphatic carboxylic acids is 1. The zero-order valence-corrected chi connectivity index (χ0v) is 15.4. The first-order chi connectivity index (χ1) is 11.2. The number of carboxylic acids is 1. The maximum Gasteiger partial charge on any atom is 0.325 e. The average molecular weight is 374 g/mol. The molecule has 0 bridgehead atoms. The van der Waals surface area contributed by atoms with Crippen molar-refractivity contribution in [3.63, 3.8) is 0 Å². The number of amides is 1. The fraction of sp³-hybridized carbons (Fsp3) is 0.467. The third-order valence-electron chi connectivity index (χ3n) is 3.29. The molecule has 0 aliphatic heterocycles. The van der Waals surface area contributed by atoms with E-state index in [1.165, 1.54) is 30.8 Å². The topological polar surface area (TPSA) is 113 Å². The van der Waals surface area contributed by atoms with Gasteiger partial charge in [0, 0.05) is 0 Å². The zero-order chi connectivity index (χ0) is 18.3. The third kappa shape index (κ3) is 6.14. The van der Waals surface area contributed by atoms with Crippen LogP contribution in [0.5, 0.6) is 0 Å². The molecular weight excluding hydrogens is 352 g/mol. The molecule has 24 heavy (non-hydrogen) atoms. The molecule has 2 atom stereocenters. The van der Waals surface area contributed by atoms with Crippen molar-refractivity contribution in [2.75, 3.05) is 12.0 Å². The predicted molar refractivity (Wildman–Crippen MR) is 93.5 cm³/mol. The van der Waals surface area contributed by atoms with Crippen molar-refractivity contribution in [1.82, 2.24) is 10.0 Å². The van der Waals surface area contributed by atoms with Gasteiger partial charge in [0.05, 0.1) is 4.90 Å². The SMILES string of the molecule is CSCCC(NS(=O)(=O)c1ccc(C)cc1)C(=O)NC(C)C(=O)O. The van der Waals surface area contributed by atoms with E-state index in [2.05, 4.69) is 10.0 Å². The van der Waals surface area contributed by atoms with Crippen LogP contribution in [-0.4, -0.2) is 49.5 Å². The highest BCUT2D eigenvalue weighted by atomic mass is 32.2. The van der Waals surface area contributed by atoms with Gasteiger partial charge in [-0.05, 0) is 44.4 Å². The summed E-state index contributed by atoms with van der Waals surface area (Å²) >= 11 is 1.47. The molecule has 0 spiro atoms. The van der Waals surface area contributed by atoms with Crippen LogP contribution in [0.25, 0.3) is 0 Å². The van der Waals surface area contributed by atoms with Gasteiger partial charge in [0.25, 0.3) is 0 Å². The minimum absolute atomic E-state index is 0.0568. The first-order valence-electron chi connectivity index (χ1n) is 7.28. The number of carbonyl (C=O) groups excluding carboxylic acids is 1. The first-order valence-corrected chi connectivity index (χ1v) is 10.2. The van der Waals surface area contributed by atoms with E-state index in [1.54, 1.807) is 12.1 Å². The van der Waals surface area contributed by atoms with Crippen LogP contribution >= 0.6 is 11.8 Å². The zero-order valence-electron chi connectivity index (χ0n) is 13.8. The number of hydrogen-bond donors (Lipinski definition) is 3. The van der Waals surface area contributed by atoms with Gasteiger partial charge in [0.1, 0.15) is 12.1 Å². The Kier molecular flexibility index (Phi) is 7.71. The molecule has 2 unspecified atom stereocenters. The molecule has 1 amide bonds. The summed E-state index contributed by atoms with van der Waals surface area (Å²) in [5.74, 6) is -1.29. The van der Waals surface area contributed by atoms with Gasteiger partial charge in [-0.15, -0.1) is 0 Å². The number of nitrogens with one attached hydrogen (secondary N) is 2. The van der Waals surface area contributed by atoms with Gasteiger partial charge in [-0.1, -0.05) is 17.7 Å². The fourth-order valence-corrected chi connectivity index (χ4v) is 3.53. The predicted octanol–water partition coefficient (Wildman–Crippen LogP) is 0.984. The van der Waals surface area contributed by atoms with E-state index < -0.39 is 34.0 Å². The molecule has 1 rings (SSSR count). The Hall–Kier alpha value is -1.58. The number of rotatable bonds is 9. The maximum atomic E-state index is 12.4. The van der Waals surface area contributed by atoms with Crippen molar-refractivity contribution in [3.05, 3.63) is 29.8 Å². The van der Waals surface area contributed by atoms with E-state index >= 15 is 0 Å². The second-order valence-corrected chi connectivity index (χ2v) is 8.04. The molecular formula is C15H22N2O5S2. The Bertz CT molecular complexity index is 674. The number of hydrogen-bond acceptors (Lipinski definition) is 5. The molecule has 0 radical (unpaired) electrons. The van der Waals surface area contributed by atoms with Gasteiger partial charge < -0.3 is 10.4 Å². The van der Waals surface area contributed by atoms with Gasteiger partial charge in [-0.3, -0.25) is 9.59 Å². The minimum atomic E-state index is -3.88. The minimum Gasteiger partial charge on any atom is -0.480 e. The van der Waals surface area contributed by atoms with E-state index in [0.717, 1.165) is 5.56 Å². The van der Waals surface area contributed by atoms with Crippen LogP contribution < -0.4 is 10.0 Å². The molecule has 1 aromatic rings. The molecule has 0 saturated heterocycles. The number of benzene rings is 1. The molecule has 0 saturated carbocycles.